The zero-order valence-corrected chi connectivity index (χ0v) is 15.1. The van der Waals surface area contributed by atoms with Crippen molar-refractivity contribution in [3.05, 3.63) is 23.7 Å². The third-order valence-electron chi connectivity index (χ3n) is 2.59. The van der Waals surface area contributed by atoms with Gasteiger partial charge in [-0.05, 0) is 25.5 Å². The lowest BCUT2D eigenvalue weighted by Crippen LogP contribution is -2.27. The lowest BCUT2D eigenvalue weighted by atomic mass is 10.1. The molecule has 0 aromatic rings. The van der Waals surface area contributed by atoms with Gasteiger partial charge in [0.1, 0.15) is 0 Å². The lowest BCUT2D eigenvalue weighted by molar-refractivity contribution is -0.137. The first-order chi connectivity index (χ1) is 11.0. The van der Waals surface area contributed by atoms with Crippen LogP contribution < -0.4 is 16.9 Å². The smallest absolute Gasteiger partial charge is 0.303 e. The maximum Gasteiger partial charge on any atom is 0.303 e. The first-order valence-corrected chi connectivity index (χ1v) is 7.79. The standard InChI is InChI=1S/C15H26N4O4S/c1-10(18-19-13(20)9-15(2,3)24)11(16)6-7-12(17)23-8-4-5-14(21)22/h6-7,24H,4-5,8-9,16-17H2,1-3H3,(H,19,20)(H,21,22)/b11-6-,12-7+,18-10+. The summed E-state index contributed by atoms with van der Waals surface area (Å²) in [5, 5.41) is 12.4. The van der Waals surface area contributed by atoms with Gasteiger partial charge in [-0.2, -0.15) is 17.7 Å². The van der Waals surface area contributed by atoms with Crippen LogP contribution in [-0.4, -0.2) is 34.0 Å². The van der Waals surface area contributed by atoms with Gasteiger partial charge in [-0.1, -0.05) is 13.8 Å². The van der Waals surface area contributed by atoms with Crippen molar-refractivity contribution in [3.63, 3.8) is 0 Å². The molecular formula is C15H26N4O4S. The van der Waals surface area contributed by atoms with Gasteiger partial charge >= 0.3 is 5.97 Å². The Morgan fingerprint density at radius 2 is 1.96 bits per heavy atom. The molecule has 24 heavy (non-hydrogen) atoms. The molecule has 0 spiro atoms. The highest BCUT2D eigenvalue weighted by Gasteiger charge is 2.16. The van der Waals surface area contributed by atoms with Gasteiger partial charge in [0, 0.05) is 17.6 Å². The summed E-state index contributed by atoms with van der Waals surface area (Å²) in [5.74, 6) is -1.04. The summed E-state index contributed by atoms with van der Waals surface area (Å²) < 4.78 is 4.71. The molecule has 0 unspecified atom stereocenters. The van der Waals surface area contributed by atoms with Crippen LogP contribution in [0.1, 0.15) is 40.0 Å². The Morgan fingerprint density at radius 1 is 1.33 bits per heavy atom. The molecule has 0 aliphatic heterocycles. The first-order valence-electron chi connectivity index (χ1n) is 7.34. The number of allylic oxidation sites excluding steroid dienone is 3. The number of hydrogen-bond donors (Lipinski definition) is 5. The molecule has 0 atom stereocenters. The Labute approximate surface area is 147 Å². The molecule has 0 saturated heterocycles. The minimum atomic E-state index is -0.888. The zero-order valence-electron chi connectivity index (χ0n) is 14.2. The Hall–Kier alpha value is -2.16. The number of carboxylic acid groups (broad SMARTS) is 1. The van der Waals surface area contributed by atoms with Gasteiger partial charge in [-0.3, -0.25) is 9.59 Å². The molecule has 6 N–H and O–H groups in total. The molecule has 0 rings (SSSR count). The molecule has 0 saturated carbocycles. The van der Waals surface area contributed by atoms with E-state index in [0.29, 0.717) is 17.8 Å². The van der Waals surface area contributed by atoms with E-state index in [1.807, 2.05) is 13.8 Å². The number of ether oxygens (including phenoxy) is 1. The van der Waals surface area contributed by atoms with E-state index < -0.39 is 10.7 Å². The molecular weight excluding hydrogens is 332 g/mol. The number of carbonyl (C=O) groups is 2. The van der Waals surface area contributed by atoms with E-state index in [4.69, 9.17) is 21.3 Å². The summed E-state index contributed by atoms with van der Waals surface area (Å²) in [6.07, 6.45) is 3.51. The van der Waals surface area contributed by atoms with Crippen LogP contribution in [-0.2, 0) is 14.3 Å². The summed E-state index contributed by atoms with van der Waals surface area (Å²) in [7, 11) is 0. The zero-order chi connectivity index (χ0) is 18.8. The van der Waals surface area contributed by atoms with Gasteiger partial charge in [-0.25, -0.2) is 5.43 Å². The number of carboxylic acids is 1. The van der Waals surface area contributed by atoms with Gasteiger partial charge in [0.25, 0.3) is 0 Å². The number of nitrogens with two attached hydrogens (primary N) is 2. The third-order valence-corrected chi connectivity index (χ3v) is 2.75. The van der Waals surface area contributed by atoms with Crippen molar-refractivity contribution in [2.45, 2.75) is 44.8 Å². The van der Waals surface area contributed by atoms with Crippen molar-refractivity contribution in [1.29, 1.82) is 0 Å². The average Bonchev–Trinajstić information content (AvgIpc) is 2.44. The van der Waals surface area contributed by atoms with E-state index in [9.17, 15) is 9.59 Å². The van der Waals surface area contributed by atoms with Crippen LogP contribution in [0.4, 0.5) is 0 Å². The molecule has 0 aliphatic rings. The second-order valence-corrected chi connectivity index (χ2v) is 6.97. The molecule has 9 heteroatoms. The minimum Gasteiger partial charge on any atom is -0.481 e. The average molecular weight is 358 g/mol. The number of rotatable bonds is 10. The number of hydrogen-bond acceptors (Lipinski definition) is 7. The minimum absolute atomic E-state index is 0.0137. The fourth-order valence-corrected chi connectivity index (χ4v) is 1.54. The fraction of sp³-hybridized carbons (Fsp3) is 0.533. The van der Waals surface area contributed by atoms with Gasteiger partial charge in [0.2, 0.25) is 5.91 Å². The van der Waals surface area contributed by atoms with E-state index in [2.05, 4.69) is 23.2 Å². The third kappa shape index (κ3) is 12.4. The number of nitrogens with zero attached hydrogens (tertiary/aromatic N) is 1. The maximum absolute atomic E-state index is 11.6. The van der Waals surface area contributed by atoms with E-state index >= 15 is 0 Å². The molecule has 0 aromatic carbocycles. The van der Waals surface area contributed by atoms with Crippen molar-refractivity contribution >= 4 is 30.2 Å². The van der Waals surface area contributed by atoms with Crippen molar-refractivity contribution in [2.75, 3.05) is 6.61 Å². The molecule has 1 amide bonds. The maximum atomic E-state index is 11.6. The second-order valence-electron chi connectivity index (χ2n) is 5.76. The van der Waals surface area contributed by atoms with Crippen LogP contribution in [0.2, 0.25) is 0 Å². The Bertz CT molecular complexity index is 536. The summed E-state index contributed by atoms with van der Waals surface area (Å²) >= 11 is 4.27. The number of nitrogens with one attached hydrogen (secondary N) is 1. The fourth-order valence-electron chi connectivity index (χ4n) is 1.40. The summed E-state index contributed by atoms with van der Waals surface area (Å²) in [5.41, 5.74) is 14.5. The van der Waals surface area contributed by atoms with Gasteiger partial charge in [-0.15, -0.1) is 0 Å². The van der Waals surface area contributed by atoms with Crippen molar-refractivity contribution in [2.24, 2.45) is 16.6 Å². The van der Waals surface area contributed by atoms with Crippen molar-refractivity contribution in [3.8, 4) is 0 Å². The molecule has 8 nitrogen and oxygen atoms in total. The summed E-state index contributed by atoms with van der Waals surface area (Å²) in [4.78, 5) is 22.0. The number of aliphatic carboxylic acids is 1. The second kappa shape index (κ2) is 10.6. The van der Waals surface area contributed by atoms with Crippen LogP contribution in [0.5, 0.6) is 0 Å². The van der Waals surface area contributed by atoms with E-state index in [1.54, 1.807) is 6.92 Å². The summed E-state index contributed by atoms with van der Waals surface area (Å²) in [6, 6.07) is 0. The first kappa shape index (κ1) is 21.8. The monoisotopic (exact) mass is 358 g/mol. The molecule has 136 valence electrons. The highest BCUT2D eigenvalue weighted by atomic mass is 32.1. The predicted molar refractivity (Wildman–Crippen MR) is 96.3 cm³/mol. The predicted octanol–water partition coefficient (Wildman–Crippen LogP) is 1.10. The van der Waals surface area contributed by atoms with Gasteiger partial charge in [0.05, 0.1) is 18.0 Å². The Kier molecular flexibility index (Phi) is 9.63. The van der Waals surface area contributed by atoms with Gasteiger partial charge < -0.3 is 21.3 Å². The van der Waals surface area contributed by atoms with Crippen molar-refractivity contribution in [1.82, 2.24) is 5.43 Å². The highest BCUT2D eigenvalue weighted by molar-refractivity contribution is 7.81. The molecule has 0 bridgehead atoms. The number of carbonyl (C=O) groups excluding carboxylic acids is 1. The molecule has 0 aromatic heterocycles. The van der Waals surface area contributed by atoms with E-state index in [0.717, 1.165) is 0 Å². The molecule has 0 fully saturated rings. The molecule has 0 radical (unpaired) electrons. The quantitative estimate of drug-likeness (QED) is 0.0989. The van der Waals surface area contributed by atoms with Crippen LogP contribution in [0.15, 0.2) is 28.8 Å². The molecule has 0 heterocycles. The van der Waals surface area contributed by atoms with Crippen LogP contribution in [0.25, 0.3) is 0 Å². The van der Waals surface area contributed by atoms with E-state index in [1.165, 1.54) is 12.2 Å². The van der Waals surface area contributed by atoms with Gasteiger partial charge in [0.15, 0.2) is 5.88 Å². The van der Waals surface area contributed by atoms with Crippen molar-refractivity contribution < 1.29 is 19.4 Å². The highest BCUT2D eigenvalue weighted by Crippen LogP contribution is 2.16. The van der Waals surface area contributed by atoms with E-state index in [-0.39, 0.29) is 31.2 Å². The lowest BCUT2D eigenvalue weighted by Gasteiger charge is -2.15. The topological polar surface area (TPSA) is 140 Å². The van der Waals surface area contributed by atoms with Crippen LogP contribution in [0.3, 0.4) is 0 Å². The van der Waals surface area contributed by atoms with Crippen LogP contribution in [0, 0.1) is 0 Å². The Balaban J connectivity index is 4.43. The van der Waals surface area contributed by atoms with Crippen LogP contribution >= 0.6 is 12.6 Å². The number of hydrazone groups is 1. The largest absolute Gasteiger partial charge is 0.481 e. The summed E-state index contributed by atoms with van der Waals surface area (Å²) in [6.45, 7) is 5.48. The SMILES string of the molecule is CC(=N\NC(=O)CC(C)(C)S)/C(N)=C/C=C(\N)OCCCC(=O)O. The Morgan fingerprint density at radius 3 is 2.50 bits per heavy atom. The number of thiol groups is 1. The number of amides is 1. The molecule has 0 aliphatic carbocycles. The normalized spacial score (nSPS) is 13.6.